The van der Waals surface area contributed by atoms with E-state index in [-0.39, 0.29) is 10.0 Å². The molecule has 2 rings (SSSR count). The minimum atomic E-state index is -0.452. The second-order valence-corrected chi connectivity index (χ2v) is 4.31. The fourth-order valence-electron chi connectivity index (χ4n) is 1.55. The van der Waals surface area contributed by atoms with Crippen molar-refractivity contribution < 1.29 is 14.0 Å². The number of carbonyl (C=O) groups excluding carboxylic acids is 2. The summed E-state index contributed by atoms with van der Waals surface area (Å²) in [6, 6.07) is 2.81. The molecule has 0 fully saturated rings. The molecule has 0 atom stereocenters. The molecular formula is C11H7BrFNO2. The number of halogens is 2. The summed E-state index contributed by atoms with van der Waals surface area (Å²) in [6.45, 7) is 1.68. The number of hydrogen-bond donors (Lipinski definition) is 1. The summed E-state index contributed by atoms with van der Waals surface area (Å²) in [5.74, 6) is -1.29. The van der Waals surface area contributed by atoms with Gasteiger partial charge in [-0.2, -0.15) is 0 Å². The molecule has 0 saturated heterocycles. The Kier molecular flexibility index (Phi) is 2.63. The van der Waals surface area contributed by atoms with Crippen LogP contribution in [0.4, 0.5) is 4.39 Å². The maximum absolute atomic E-state index is 13.2. The van der Waals surface area contributed by atoms with Crippen LogP contribution in [0, 0.1) is 12.7 Å². The first-order valence-electron chi connectivity index (χ1n) is 4.52. The van der Waals surface area contributed by atoms with E-state index >= 15 is 0 Å². The van der Waals surface area contributed by atoms with E-state index < -0.39 is 17.6 Å². The van der Waals surface area contributed by atoms with Gasteiger partial charge in [-0.15, -0.1) is 0 Å². The van der Waals surface area contributed by atoms with E-state index in [1.807, 2.05) is 0 Å². The standard InChI is InChI=1S/C11H7BrFNO2/c1-5-2-9(13)8(12)3-6(5)7-4-10(15)14-11(7)16/h2-4H,1H3,(H,14,15,16). The van der Waals surface area contributed by atoms with Gasteiger partial charge in [0.05, 0.1) is 10.0 Å². The van der Waals surface area contributed by atoms with Gasteiger partial charge in [0.15, 0.2) is 0 Å². The number of amides is 2. The van der Waals surface area contributed by atoms with E-state index in [1.165, 1.54) is 18.2 Å². The van der Waals surface area contributed by atoms with Gasteiger partial charge >= 0.3 is 0 Å². The quantitative estimate of drug-likeness (QED) is 0.801. The van der Waals surface area contributed by atoms with E-state index in [0.717, 1.165) is 0 Å². The fourth-order valence-corrected chi connectivity index (χ4v) is 1.89. The van der Waals surface area contributed by atoms with Gasteiger partial charge in [0.2, 0.25) is 0 Å². The van der Waals surface area contributed by atoms with Crippen LogP contribution < -0.4 is 5.32 Å². The molecule has 1 aromatic rings. The zero-order valence-electron chi connectivity index (χ0n) is 8.30. The highest BCUT2D eigenvalue weighted by Crippen LogP contribution is 2.27. The second kappa shape index (κ2) is 3.83. The maximum atomic E-state index is 13.2. The predicted molar refractivity (Wildman–Crippen MR) is 60.0 cm³/mol. The van der Waals surface area contributed by atoms with Crippen molar-refractivity contribution in [2.75, 3.05) is 0 Å². The van der Waals surface area contributed by atoms with Crippen LogP contribution >= 0.6 is 15.9 Å². The van der Waals surface area contributed by atoms with Crippen molar-refractivity contribution >= 4 is 33.3 Å². The van der Waals surface area contributed by atoms with Crippen LogP contribution in [0.3, 0.4) is 0 Å². The van der Waals surface area contributed by atoms with Crippen molar-refractivity contribution in [3.63, 3.8) is 0 Å². The molecule has 0 radical (unpaired) electrons. The summed E-state index contributed by atoms with van der Waals surface area (Å²) in [5, 5.41) is 2.15. The number of aryl methyl sites for hydroxylation is 1. The van der Waals surface area contributed by atoms with E-state index in [1.54, 1.807) is 6.92 Å². The zero-order valence-corrected chi connectivity index (χ0v) is 9.89. The molecule has 1 aliphatic heterocycles. The van der Waals surface area contributed by atoms with Crippen LogP contribution in [0.1, 0.15) is 11.1 Å². The van der Waals surface area contributed by atoms with Crippen LogP contribution in [0.5, 0.6) is 0 Å². The Bertz CT molecular complexity index is 537. The molecule has 0 unspecified atom stereocenters. The van der Waals surface area contributed by atoms with Crippen molar-refractivity contribution in [3.05, 3.63) is 39.6 Å². The third-order valence-electron chi connectivity index (χ3n) is 2.31. The van der Waals surface area contributed by atoms with Crippen molar-refractivity contribution in [1.29, 1.82) is 0 Å². The van der Waals surface area contributed by atoms with Gasteiger partial charge in [0.1, 0.15) is 5.82 Å². The van der Waals surface area contributed by atoms with E-state index in [9.17, 15) is 14.0 Å². The molecule has 2 amide bonds. The highest BCUT2D eigenvalue weighted by Gasteiger charge is 2.23. The minimum absolute atomic E-state index is 0.265. The lowest BCUT2D eigenvalue weighted by Crippen LogP contribution is -2.21. The molecule has 5 heteroatoms. The van der Waals surface area contributed by atoms with Crippen LogP contribution in [-0.4, -0.2) is 11.8 Å². The number of carbonyl (C=O) groups is 2. The molecule has 3 nitrogen and oxygen atoms in total. The molecule has 82 valence electrons. The number of imide groups is 1. The predicted octanol–water partition coefficient (Wildman–Crippen LogP) is 1.94. The molecule has 0 aliphatic carbocycles. The van der Waals surface area contributed by atoms with Crippen molar-refractivity contribution in [1.82, 2.24) is 5.32 Å². The summed E-state index contributed by atoms with van der Waals surface area (Å²) in [5.41, 5.74) is 1.43. The molecule has 1 aromatic carbocycles. The Morgan fingerprint density at radius 1 is 1.31 bits per heavy atom. The zero-order chi connectivity index (χ0) is 11.9. The summed E-state index contributed by atoms with van der Waals surface area (Å²) in [6.07, 6.45) is 1.22. The molecule has 0 spiro atoms. The monoisotopic (exact) mass is 283 g/mol. The SMILES string of the molecule is Cc1cc(F)c(Br)cc1C1=CC(=O)NC1=O. The van der Waals surface area contributed by atoms with Gasteiger partial charge in [-0.3, -0.25) is 14.9 Å². The Hall–Kier alpha value is -1.49. The lowest BCUT2D eigenvalue weighted by Gasteiger charge is -2.06. The molecule has 0 aromatic heterocycles. The second-order valence-electron chi connectivity index (χ2n) is 3.46. The number of hydrogen-bond acceptors (Lipinski definition) is 2. The van der Waals surface area contributed by atoms with Gasteiger partial charge in [-0.25, -0.2) is 4.39 Å². The van der Waals surface area contributed by atoms with Gasteiger partial charge in [-0.1, -0.05) is 0 Å². The molecule has 0 bridgehead atoms. The van der Waals surface area contributed by atoms with Crippen molar-refractivity contribution in [3.8, 4) is 0 Å². The van der Waals surface area contributed by atoms with Crippen molar-refractivity contribution in [2.45, 2.75) is 6.92 Å². The normalized spacial score (nSPS) is 15.1. The average Bonchev–Trinajstić information content (AvgIpc) is 2.51. The summed E-state index contributed by atoms with van der Waals surface area (Å²) < 4.78 is 13.5. The smallest absolute Gasteiger partial charge is 0.258 e. The molecular weight excluding hydrogens is 277 g/mol. The van der Waals surface area contributed by atoms with Crippen molar-refractivity contribution in [2.24, 2.45) is 0 Å². The molecule has 1 N–H and O–H groups in total. The fraction of sp³-hybridized carbons (Fsp3) is 0.0909. The van der Waals surface area contributed by atoms with Crippen LogP contribution in [-0.2, 0) is 9.59 Å². The Morgan fingerprint density at radius 2 is 2.00 bits per heavy atom. The number of nitrogens with one attached hydrogen (secondary N) is 1. The van der Waals surface area contributed by atoms with Gasteiger partial charge in [0, 0.05) is 6.08 Å². The van der Waals surface area contributed by atoms with Crippen LogP contribution in [0.15, 0.2) is 22.7 Å². The first kappa shape index (κ1) is 11.0. The van der Waals surface area contributed by atoms with E-state index in [0.29, 0.717) is 11.1 Å². The highest BCUT2D eigenvalue weighted by molar-refractivity contribution is 9.10. The Labute approximate surface area is 99.5 Å². The lowest BCUT2D eigenvalue weighted by atomic mass is 10.0. The highest BCUT2D eigenvalue weighted by atomic mass is 79.9. The third-order valence-corrected chi connectivity index (χ3v) is 2.92. The molecule has 1 heterocycles. The van der Waals surface area contributed by atoms with Gasteiger partial charge in [-0.05, 0) is 46.1 Å². The number of benzene rings is 1. The Morgan fingerprint density at radius 3 is 2.56 bits per heavy atom. The topological polar surface area (TPSA) is 46.2 Å². The maximum Gasteiger partial charge on any atom is 0.258 e. The largest absolute Gasteiger partial charge is 0.289 e. The summed E-state index contributed by atoms with van der Waals surface area (Å²) in [4.78, 5) is 22.4. The van der Waals surface area contributed by atoms with Gasteiger partial charge < -0.3 is 0 Å². The lowest BCUT2D eigenvalue weighted by molar-refractivity contribution is -0.123. The first-order chi connectivity index (χ1) is 7.49. The van der Waals surface area contributed by atoms with E-state index in [2.05, 4.69) is 21.2 Å². The summed E-state index contributed by atoms with van der Waals surface area (Å²) >= 11 is 3.04. The summed E-state index contributed by atoms with van der Waals surface area (Å²) in [7, 11) is 0. The van der Waals surface area contributed by atoms with Crippen LogP contribution in [0.25, 0.3) is 5.57 Å². The van der Waals surface area contributed by atoms with E-state index in [4.69, 9.17) is 0 Å². The Balaban J connectivity index is 2.57. The van der Waals surface area contributed by atoms with Crippen LogP contribution in [0.2, 0.25) is 0 Å². The number of rotatable bonds is 1. The molecule has 0 saturated carbocycles. The molecule has 16 heavy (non-hydrogen) atoms. The molecule has 1 aliphatic rings. The first-order valence-corrected chi connectivity index (χ1v) is 5.31. The van der Waals surface area contributed by atoms with Gasteiger partial charge in [0.25, 0.3) is 11.8 Å². The average molecular weight is 284 g/mol. The third kappa shape index (κ3) is 1.78. The minimum Gasteiger partial charge on any atom is -0.289 e.